The Hall–Kier alpha value is -3.99. The van der Waals surface area contributed by atoms with Gasteiger partial charge in [0.25, 0.3) is 0 Å². The number of fused-ring (bicyclic) bond motifs is 5. The van der Waals surface area contributed by atoms with E-state index in [1.54, 1.807) is 18.2 Å². The summed E-state index contributed by atoms with van der Waals surface area (Å²) in [6.07, 6.45) is 0.877. The van der Waals surface area contributed by atoms with Gasteiger partial charge in [-0.05, 0) is 47.2 Å². The Balaban J connectivity index is 1.67. The number of allylic oxidation sites excluding steroid dienone is 2. The number of anilines is 1. The fourth-order valence-corrected chi connectivity index (χ4v) is 7.51. The summed E-state index contributed by atoms with van der Waals surface area (Å²) in [5.41, 5.74) is 1.92. The van der Waals surface area contributed by atoms with Crippen LogP contribution in [0.3, 0.4) is 0 Å². The van der Waals surface area contributed by atoms with Crippen LogP contribution >= 0.6 is 0 Å². The highest BCUT2D eigenvalue weighted by Gasteiger charge is 2.80. The van der Waals surface area contributed by atoms with Crippen molar-refractivity contribution in [2.75, 3.05) is 12.0 Å². The molecule has 0 N–H and O–H groups in total. The molecule has 2 bridgehead atoms. The topological polar surface area (TPSA) is 63.7 Å². The summed E-state index contributed by atoms with van der Waals surface area (Å²) in [5, 5.41) is 0. The highest BCUT2D eigenvalue weighted by atomic mass is 16.5. The van der Waals surface area contributed by atoms with E-state index in [0.29, 0.717) is 24.3 Å². The molecule has 5 heteroatoms. The second kappa shape index (κ2) is 8.27. The van der Waals surface area contributed by atoms with E-state index >= 15 is 0 Å². The molecule has 6 rings (SSSR count). The van der Waals surface area contributed by atoms with Crippen LogP contribution in [0.15, 0.2) is 84.9 Å². The number of hydrogen-bond donors (Lipinski definition) is 0. The second-order valence-electron chi connectivity index (χ2n) is 10.1. The molecule has 3 aliphatic rings. The van der Waals surface area contributed by atoms with Gasteiger partial charge in [0, 0.05) is 0 Å². The zero-order valence-corrected chi connectivity index (χ0v) is 21.2. The van der Waals surface area contributed by atoms with E-state index in [2.05, 4.69) is 0 Å². The number of Topliss-reactive ketones (excluding diaryl/α,β-unsaturated/α-hetero) is 1. The molecule has 0 spiro atoms. The Kier molecular flexibility index (Phi) is 5.23. The van der Waals surface area contributed by atoms with Crippen LogP contribution in [0.4, 0.5) is 5.69 Å². The molecule has 3 aromatic rings. The molecule has 2 amide bonds. The lowest BCUT2D eigenvalue weighted by Gasteiger charge is -2.38. The average molecular weight is 492 g/mol. The number of rotatable bonds is 6. The van der Waals surface area contributed by atoms with Crippen molar-refractivity contribution in [3.63, 3.8) is 0 Å². The molecule has 186 valence electrons. The van der Waals surface area contributed by atoms with Crippen LogP contribution in [0.2, 0.25) is 0 Å². The van der Waals surface area contributed by atoms with Crippen molar-refractivity contribution in [1.29, 1.82) is 0 Å². The summed E-state index contributed by atoms with van der Waals surface area (Å²) in [4.78, 5) is 44.6. The fraction of sp³-hybridized carbons (Fsp3) is 0.281. The lowest BCUT2D eigenvalue weighted by atomic mass is 9.60. The number of imide groups is 1. The first-order chi connectivity index (χ1) is 18.0. The zero-order chi connectivity index (χ0) is 25.9. The van der Waals surface area contributed by atoms with Gasteiger partial charge >= 0.3 is 0 Å². The van der Waals surface area contributed by atoms with E-state index in [1.165, 1.54) is 12.0 Å². The molecule has 4 atom stereocenters. The molecular formula is C32H29NO4. The van der Waals surface area contributed by atoms with E-state index in [1.807, 2.05) is 80.6 Å². The van der Waals surface area contributed by atoms with Crippen molar-refractivity contribution in [2.24, 2.45) is 22.7 Å². The van der Waals surface area contributed by atoms with Crippen LogP contribution in [0, 0.1) is 22.7 Å². The minimum atomic E-state index is -1.09. The molecule has 1 saturated heterocycles. The van der Waals surface area contributed by atoms with Crippen LogP contribution in [0.25, 0.3) is 11.1 Å². The van der Waals surface area contributed by atoms with E-state index in [4.69, 9.17) is 4.74 Å². The Morgan fingerprint density at radius 2 is 1.11 bits per heavy atom. The molecule has 3 aromatic carbocycles. The van der Waals surface area contributed by atoms with Gasteiger partial charge in [0.15, 0.2) is 5.78 Å². The number of hydrogen-bond acceptors (Lipinski definition) is 4. The lowest BCUT2D eigenvalue weighted by Crippen LogP contribution is -2.42. The molecule has 5 nitrogen and oxygen atoms in total. The van der Waals surface area contributed by atoms with Crippen LogP contribution < -0.4 is 9.64 Å². The molecule has 2 fully saturated rings. The number of carbonyl (C=O) groups excluding carboxylic acids is 3. The quantitative estimate of drug-likeness (QED) is 0.409. The number of para-hydroxylation sites is 2. The normalized spacial score (nSPS) is 28.3. The highest BCUT2D eigenvalue weighted by Crippen LogP contribution is 2.75. The predicted octanol–water partition coefficient (Wildman–Crippen LogP) is 5.80. The number of carbonyl (C=O) groups is 3. The van der Waals surface area contributed by atoms with E-state index in [-0.39, 0.29) is 17.6 Å². The molecule has 1 saturated carbocycles. The van der Waals surface area contributed by atoms with E-state index in [0.717, 1.165) is 22.3 Å². The standard InChI is InChI=1S/C32H29NO4/c1-4-31-24(20-14-8-6-9-15-20)25(21-16-10-7-11-17-21)32(5-2,30(31)36)27-26(31)28(34)33(29(27)35)22-18-12-13-19-23(22)37-3/h6-19,26-27H,4-5H2,1-3H3/t26-,27+,31-,32+. The van der Waals surface area contributed by atoms with E-state index < -0.39 is 22.7 Å². The van der Waals surface area contributed by atoms with Gasteiger partial charge in [-0.25, -0.2) is 4.90 Å². The van der Waals surface area contributed by atoms with Gasteiger partial charge in [-0.1, -0.05) is 86.6 Å². The average Bonchev–Trinajstić information content (AvgIpc) is 3.45. The molecule has 1 aliphatic heterocycles. The smallest absolute Gasteiger partial charge is 0.239 e. The third-order valence-electron chi connectivity index (χ3n) is 8.89. The minimum Gasteiger partial charge on any atom is -0.495 e. The van der Waals surface area contributed by atoms with Gasteiger partial charge in [0.1, 0.15) is 5.75 Å². The first kappa shape index (κ1) is 23.4. The molecule has 0 aromatic heterocycles. The van der Waals surface area contributed by atoms with Gasteiger partial charge in [-0.15, -0.1) is 0 Å². The molecule has 2 aliphatic carbocycles. The number of ketones is 1. The SMILES string of the molecule is CC[C@]12C(=O)[C@](CC)(C(c3ccccc3)=C1c1ccccc1)[C@H]1C(=O)N(c3ccccc3OC)C(=O)[C@H]12. The Morgan fingerprint density at radius 1 is 0.676 bits per heavy atom. The molecule has 0 radical (unpaired) electrons. The predicted molar refractivity (Wildman–Crippen MR) is 143 cm³/mol. The van der Waals surface area contributed by atoms with Crippen molar-refractivity contribution in [1.82, 2.24) is 0 Å². The summed E-state index contributed by atoms with van der Waals surface area (Å²) in [6, 6.07) is 26.9. The number of nitrogens with zero attached hydrogens (tertiary/aromatic N) is 1. The summed E-state index contributed by atoms with van der Waals surface area (Å²) in [7, 11) is 1.53. The highest BCUT2D eigenvalue weighted by molar-refractivity contribution is 6.35. The maximum Gasteiger partial charge on any atom is 0.239 e. The first-order valence-electron chi connectivity index (χ1n) is 12.9. The third kappa shape index (κ3) is 2.72. The number of amides is 2. The van der Waals surface area contributed by atoms with Crippen molar-refractivity contribution < 1.29 is 19.1 Å². The van der Waals surface area contributed by atoms with Crippen molar-refractivity contribution in [2.45, 2.75) is 26.7 Å². The Morgan fingerprint density at radius 3 is 1.54 bits per heavy atom. The molecule has 0 unspecified atom stereocenters. The summed E-state index contributed by atoms with van der Waals surface area (Å²) < 4.78 is 5.53. The molecule has 1 heterocycles. The number of ether oxygens (including phenoxy) is 1. The number of benzene rings is 3. The zero-order valence-electron chi connectivity index (χ0n) is 21.2. The van der Waals surface area contributed by atoms with Gasteiger partial charge < -0.3 is 4.74 Å². The van der Waals surface area contributed by atoms with Crippen LogP contribution in [-0.2, 0) is 14.4 Å². The van der Waals surface area contributed by atoms with Crippen molar-refractivity contribution in [3.8, 4) is 5.75 Å². The van der Waals surface area contributed by atoms with Crippen LogP contribution in [0.1, 0.15) is 37.8 Å². The van der Waals surface area contributed by atoms with Gasteiger partial charge in [-0.2, -0.15) is 0 Å². The summed E-state index contributed by atoms with van der Waals surface area (Å²) >= 11 is 0. The fourth-order valence-electron chi connectivity index (χ4n) is 7.51. The first-order valence-corrected chi connectivity index (χ1v) is 12.9. The lowest BCUT2D eigenvalue weighted by molar-refractivity contribution is -0.134. The van der Waals surface area contributed by atoms with Crippen molar-refractivity contribution in [3.05, 3.63) is 96.1 Å². The summed E-state index contributed by atoms with van der Waals surface area (Å²) in [5.74, 6) is -1.68. The Labute approximate surface area is 216 Å². The molecular weight excluding hydrogens is 462 g/mol. The number of methoxy groups -OCH3 is 1. The summed E-state index contributed by atoms with van der Waals surface area (Å²) in [6.45, 7) is 3.95. The monoisotopic (exact) mass is 491 g/mol. The van der Waals surface area contributed by atoms with E-state index in [9.17, 15) is 14.4 Å². The minimum absolute atomic E-state index is 0.0130. The van der Waals surface area contributed by atoms with Gasteiger partial charge in [-0.3, -0.25) is 14.4 Å². The Bertz CT molecular complexity index is 1370. The van der Waals surface area contributed by atoms with Gasteiger partial charge in [0.05, 0.1) is 35.5 Å². The van der Waals surface area contributed by atoms with Crippen molar-refractivity contribution >= 4 is 34.4 Å². The van der Waals surface area contributed by atoms with Gasteiger partial charge in [0.2, 0.25) is 11.8 Å². The molecule has 37 heavy (non-hydrogen) atoms. The largest absolute Gasteiger partial charge is 0.495 e. The maximum atomic E-state index is 14.7. The van der Waals surface area contributed by atoms with Crippen LogP contribution in [-0.4, -0.2) is 24.7 Å². The third-order valence-corrected chi connectivity index (χ3v) is 8.89. The van der Waals surface area contributed by atoms with Crippen LogP contribution in [0.5, 0.6) is 5.75 Å². The maximum absolute atomic E-state index is 14.7. The second-order valence-corrected chi connectivity index (χ2v) is 10.1.